The topological polar surface area (TPSA) is 51.8 Å². The van der Waals surface area contributed by atoms with Crippen LogP contribution in [0.1, 0.15) is 19.0 Å². The van der Waals surface area contributed by atoms with Crippen LogP contribution in [0.25, 0.3) is 0 Å². The number of nitrogens with two attached hydrogens (primary N) is 1. The van der Waals surface area contributed by atoms with Crippen LogP contribution in [0.5, 0.6) is 0 Å². The van der Waals surface area contributed by atoms with E-state index in [9.17, 15) is 0 Å². The van der Waals surface area contributed by atoms with Gasteiger partial charge in [0.1, 0.15) is 15.7 Å². The third kappa shape index (κ3) is 3.28. The lowest BCUT2D eigenvalue weighted by Crippen LogP contribution is -2.12. The summed E-state index contributed by atoms with van der Waals surface area (Å²) in [4.78, 5) is 8.55. The molecule has 0 unspecified atom stereocenters. The number of hydrogen-bond donors (Lipinski definition) is 1. The minimum Gasteiger partial charge on any atom is -0.388 e. The zero-order valence-corrected chi connectivity index (χ0v) is 8.99. The molecule has 0 fully saturated rings. The Labute approximate surface area is 87.2 Å². The molecule has 0 bridgehead atoms. The molecule has 1 rings (SSSR count). The molecule has 0 saturated heterocycles. The third-order valence-corrected chi connectivity index (χ3v) is 2.63. The summed E-state index contributed by atoms with van der Waals surface area (Å²) in [7, 11) is 0. The second-order valence-electron chi connectivity index (χ2n) is 2.46. The van der Waals surface area contributed by atoms with E-state index in [0.717, 1.165) is 17.2 Å². The Balaban J connectivity index is 2.73. The molecule has 0 aliphatic heterocycles. The number of nitrogens with zero attached hydrogens (tertiary/aromatic N) is 2. The fourth-order valence-corrected chi connectivity index (χ4v) is 1.55. The maximum atomic E-state index is 5.43. The van der Waals surface area contributed by atoms with E-state index in [-0.39, 0.29) is 0 Å². The summed E-state index contributed by atoms with van der Waals surface area (Å²) in [6, 6.07) is 0. The predicted octanol–water partition coefficient (Wildman–Crippen LogP) is 1.61. The van der Waals surface area contributed by atoms with Crippen LogP contribution in [0.2, 0.25) is 0 Å². The molecular weight excluding hydrogens is 202 g/mol. The zero-order valence-electron chi connectivity index (χ0n) is 7.36. The van der Waals surface area contributed by atoms with Crippen LogP contribution in [0.3, 0.4) is 0 Å². The van der Waals surface area contributed by atoms with Crippen molar-refractivity contribution in [2.75, 3.05) is 5.75 Å². The van der Waals surface area contributed by atoms with Crippen molar-refractivity contribution < 1.29 is 0 Å². The minimum atomic E-state index is 0.298. The SMILES string of the molecule is CCCSc1cncc(C(N)=S)n1. The van der Waals surface area contributed by atoms with Crippen molar-refractivity contribution in [1.29, 1.82) is 0 Å². The molecular formula is C8H11N3S2. The fourth-order valence-electron chi connectivity index (χ4n) is 0.743. The molecule has 0 spiro atoms. The van der Waals surface area contributed by atoms with Crippen molar-refractivity contribution in [1.82, 2.24) is 9.97 Å². The number of thiocarbonyl (C=S) groups is 1. The Kier molecular flexibility index (Phi) is 4.11. The number of thioether (sulfide) groups is 1. The Morgan fingerprint density at radius 1 is 1.62 bits per heavy atom. The smallest absolute Gasteiger partial charge is 0.124 e. The quantitative estimate of drug-likeness (QED) is 0.608. The van der Waals surface area contributed by atoms with Gasteiger partial charge in [0.2, 0.25) is 0 Å². The molecule has 1 aromatic heterocycles. The summed E-state index contributed by atoms with van der Waals surface area (Å²) in [6.45, 7) is 2.12. The van der Waals surface area contributed by atoms with Gasteiger partial charge in [-0.3, -0.25) is 4.98 Å². The van der Waals surface area contributed by atoms with Crippen molar-refractivity contribution in [2.45, 2.75) is 18.4 Å². The second-order valence-corrected chi connectivity index (χ2v) is 4.01. The second kappa shape index (κ2) is 5.14. The van der Waals surface area contributed by atoms with Gasteiger partial charge in [-0.05, 0) is 12.2 Å². The molecule has 70 valence electrons. The Bertz CT molecular complexity index is 301. The first kappa shape index (κ1) is 10.4. The Hall–Kier alpha value is -0.680. The van der Waals surface area contributed by atoms with Gasteiger partial charge in [0.05, 0.1) is 12.4 Å². The van der Waals surface area contributed by atoms with Crippen LogP contribution < -0.4 is 5.73 Å². The van der Waals surface area contributed by atoms with Crippen molar-refractivity contribution in [3.63, 3.8) is 0 Å². The molecule has 0 aliphatic carbocycles. The molecule has 2 N–H and O–H groups in total. The van der Waals surface area contributed by atoms with Crippen LogP contribution in [0.4, 0.5) is 0 Å². The van der Waals surface area contributed by atoms with Gasteiger partial charge >= 0.3 is 0 Å². The maximum absolute atomic E-state index is 5.43. The Morgan fingerprint density at radius 2 is 2.38 bits per heavy atom. The van der Waals surface area contributed by atoms with Gasteiger partial charge in [0.15, 0.2) is 0 Å². The van der Waals surface area contributed by atoms with Crippen LogP contribution in [-0.4, -0.2) is 20.7 Å². The molecule has 13 heavy (non-hydrogen) atoms. The molecule has 1 heterocycles. The lowest BCUT2D eigenvalue weighted by atomic mass is 10.5. The zero-order chi connectivity index (χ0) is 9.68. The first-order valence-electron chi connectivity index (χ1n) is 3.98. The first-order valence-corrected chi connectivity index (χ1v) is 5.38. The Morgan fingerprint density at radius 3 is 3.00 bits per heavy atom. The average molecular weight is 213 g/mol. The predicted molar refractivity (Wildman–Crippen MR) is 58.9 cm³/mol. The summed E-state index contributed by atoms with van der Waals surface area (Å²) in [5.74, 6) is 1.04. The highest BCUT2D eigenvalue weighted by Gasteiger charge is 2.00. The normalized spacial score (nSPS) is 9.92. The van der Waals surface area contributed by atoms with E-state index in [1.165, 1.54) is 0 Å². The van der Waals surface area contributed by atoms with Gasteiger partial charge in [-0.2, -0.15) is 0 Å². The fraction of sp³-hybridized carbons (Fsp3) is 0.375. The summed E-state index contributed by atoms with van der Waals surface area (Å²) < 4.78 is 0. The van der Waals surface area contributed by atoms with Gasteiger partial charge in [-0.25, -0.2) is 4.98 Å². The van der Waals surface area contributed by atoms with E-state index in [2.05, 4.69) is 16.9 Å². The summed E-state index contributed by atoms with van der Waals surface area (Å²) in [5.41, 5.74) is 6.02. The number of hydrogen-bond acceptors (Lipinski definition) is 4. The molecule has 3 nitrogen and oxygen atoms in total. The number of aromatic nitrogens is 2. The highest BCUT2D eigenvalue weighted by molar-refractivity contribution is 7.99. The maximum Gasteiger partial charge on any atom is 0.124 e. The molecule has 1 aromatic rings. The minimum absolute atomic E-state index is 0.298. The van der Waals surface area contributed by atoms with Crippen molar-refractivity contribution in [3.05, 3.63) is 18.1 Å². The molecule has 0 saturated carbocycles. The van der Waals surface area contributed by atoms with Gasteiger partial charge in [-0.1, -0.05) is 19.1 Å². The van der Waals surface area contributed by atoms with Gasteiger partial charge in [-0.15, -0.1) is 11.8 Å². The van der Waals surface area contributed by atoms with Crippen molar-refractivity contribution in [3.8, 4) is 0 Å². The average Bonchev–Trinajstić information content (AvgIpc) is 2.15. The molecule has 5 heteroatoms. The monoisotopic (exact) mass is 213 g/mol. The van der Waals surface area contributed by atoms with Crippen LogP contribution in [-0.2, 0) is 0 Å². The lowest BCUT2D eigenvalue weighted by Gasteiger charge is -2.00. The largest absolute Gasteiger partial charge is 0.388 e. The van der Waals surface area contributed by atoms with Crippen LogP contribution in [0, 0.1) is 0 Å². The van der Waals surface area contributed by atoms with E-state index in [1.807, 2.05) is 0 Å². The third-order valence-electron chi connectivity index (χ3n) is 1.32. The van der Waals surface area contributed by atoms with E-state index < -0.39 is 0 Å². The highest BCUT2D eigenvalue weighted by atomic mass is 32.2. The highest BCUT2D eigenvalue weighted by Crippen LogP contribution is 2.14. The van der Waals surface area contributed by atoms with Gasteiger partial charge < -0.3 is 5.73 Å². The molecule has 0 amide bonds. The first-order chi connectivity index (χ1) is 6.24. The molecule has 0 radical (unpaired) electrons. The van der Waals surface area contributed by atoms with Crippen molar-refractivity contribution in [2.24, 2.45) is 5.73 Å². The van der Waals surface area contributed by atoms with E-state index in [0.29, 0.717) is 10.7 Å². The van der Waals surface area contributed by atoms with Crippen LogP contribution >= 0.6 is 24.0 Å². The summed E-state index contributed by atoms with van der Waals surface area (Å²) in [6.07, 6.45) is 4.42. The van der Waals surface area contributed by atoms with E-state index in [1.54, 1.807) is 24.2 Å². The van der Waals surface area contributed by atoms with E-state index in [4.69, 9.17) is 18.0 Å². The van der Waals surface area contributed by atoms with Crippen molar-refractivity contribution >= 4 is 29.0 Å². The van der Waals surface area contributed by atoms with Crippen LogP contribution in [0.15, 0.2) is 17.4 Å². The van der Waals surface area contributed by atoms with Gasteiger partial charge in [0, 0.05) is 0 Å². The summed E-state index contributed by atoms with van der Waals surface area (Å²) >= 11 is 6.46. The van der Waals surface area contributed by atoms with Gasteiger partial charge in [0.25, 0.3) is 0 Å². The molecule has 0 aromatic carbocycles. The molecule has 0 aliphatic rings. The standard InChI is InChI=1S/C8H11N3S2/c1-2-3-13-7-5-10-4-6(11-7)8(9)12/h4-5H,2-3H2,1H3,(H2,9,12). The summed E-state index contributed by atoms with van der Waals surface area (Å²) in [5, 5.41) is 0.882. The lowest BCUT2D eigenvalue weighted by molar-refractivity contribution is 1.03. The van der Waals surface area contributed by atoms with E-state index >= 15 is 0 Å². The molecule has 0 atom stereocenters. The number of rotatable bonds is 4.